The van der Waals surface area contributed by atoms with Crippen molar-refractivity contribution in [2.45, 2.75) is 38.6 Å². The normalized spacial score (nSPS) is 12.3. The molecule has 0 amide bonds. The Kier molecular flexibility index (Phi) is 6.59. The van der Waals surface area contributed by atoms with Crippen LogP contribution < -0.4 is 5.32 Å². The Morgan fingerprint density at radius 1 is 1.31 bits per heavy atom. The van der Waals surface area contributed by atoms with Crippen molar-refractivity contribution in [1.29, 1.82) is 0 Å². The molecular weight excluding hydrogens is 194 g/mol. The van der Waals surface area contributed by atoms with Crippen LogP contribution in [0.1, 0.15) is 31.7 Å². The topological polar surface area (TPSA) is 12.0 Å². The Morgan fingerprint density at radius 2 is 2.06 bits per heavy atom. The lowest BCUT2D eigenvalue weighted by Crippen LogP contribution is -2.27. The summed E-state index contributed by atoms with van der Waals surface area (Å²) in [4.78, 5) is 0. The molecule has 0 aromatic heterocycles. The van der Waals surface area contributed by atoms with Gasteiger partial charge >= 0.3 is 0 Å². The molecule has 1 aromatic rings. The van der Waals surface area contributed by atoms with E-state index < -0.39 is 0 Å². The van der Waals surface area contributed by atoms with E-state index in [4.69, 9.17) is 0 Å². The molecule has 88 valence electrons. The van der Waals surface area contributed by atoms with E-state index in [1.807, 2.05) is 6.08 Å². The van der Waals surface area contributed by atoms with Gasteiger partial charge in [0.15, 0.2) is 0 Å². The van der Waals surface area contributed by atoms with Gasteiger partial charge in [0.25, 0.3) is 0 Å². The Hall–Kier alpha value is -1.08. The maximum Gasteiger partial charge on any atom is 0.00416 e. The third kappa shape index (κ3) is 5.72. The fourth-order valence-electron chi connectivity index (χ4n) is 1.76. The maximum atomic E-state index is 3.74. The summed E-state index contributed by atoms with van der Waals surface area (Å²) in [6, 6.07) is 11.3. The molecule has 1 atom stereocenters. The Morgan fingerprint density at radius 3 is 2.75 bits per heavy atom. The van der Waals surface area contributed by atoms with Gasteiger partial charge in [0.2, 0.25) is 0 Å². The van der Waals surface area contributed by atoms with Crippen molar-refractivity contribution >= 4 is 0 Å². The van der Waals surface area contributed by atoms with Gasteiger partial charge in [-0.05, 0) is 44.7 Å². The fourth-order valence-corrected chi connectivity index (χ4v) is 1.76. The van der Waals surface area contributed by atoms with Crippen LogP contribution in [0.2, 0.25) is 0 Å². The number of hydrogen-bond acceptors (Lipinski definition) is 1. The second kappa shape index (κ2) is 8.12. The molecule has 1 rings (SSSR count). The predicted molar refractivity (Wildman–Crippen MR) is 71.7 cm³/mol. The summed E-state index contributed by atoms with van der Waals surface area (Å²) in [6.07, 6.45) is 6.66. The van der Waals surface area contributed by atoms with Crippen molar-refractivity contribution in [3.05, 3.63) is 48.6 Å². The first kappa shape index (κ1) is 13.0. The molecule has 0 fully saturated rings. The smallest absolute Gasteiger partial charge is 0.00416 e. The molecule has 16 heavy (non-hydrogen) atoms. The third-order valence-corrected chi connectivity index (χ3v) is 2.78. The number of nitrogens with one attached hydrogen (secondary N) is 1. The Balaban J connectivity index is 2.05. The van der Waals surface area contributed by atoms with E-state index in [9.17, 15) is 0 Å². The molecule has 0 aliphatic rings. The number of rotatable bonds is 8. The van der Waals surface area contributed by atoms with Gasteiger partial charge in [-0.15, -0.1) is 6.58 Å². The van der Waals surface area contributed by atoms with Crippen molar-refractivity contribution in [3.8, 4) is 0 Å². The SMILES string of the molecule is C=CCCC(C)NCCCc1ccccc1. The van der Waals surface area contributed by atoms with E-state index in [0.717, 1.165) is 13.0 Å². The maximum absolute atomic E-state index is 3.74. The minimum Gasteiger partial charge on any atom is -0.314 e. The minimum atomic E-state index is 0.605. The molecule has 1 aromatic carbocycles. The fraction of sp³-hybridized carbons (Fsp3) is 0.467. The summed E-state index contributed by atoms with van der Waals surface area (Å²) in [5.74, 6) is 0. The lowest BCUT2D eigenvalue weighted by molar-refractivity contribution is 0.510. The highest BCUT2D eigenvalue weighted by Gasteiger charge is 1.98. The lowest BCUT2D eigenvalue weighted by Gasteiger charge is -2.12. The van der Waals surface area contributed by atoms with Crippen LogP contribution >= 0.6 is 0 Å². The molecule has 0 saturated carbocycles. The zero-order chi connectivity index (χ0) is 11.6. The summed E-state index contributed by atoms with van der Waals surface area (Å²) in [6.45, 7) is 7.09. The van der Waals surface area contributed by atoms with Crippen molar-refractivity contribution < 1.29 is 0 Å². The minimum absolute atomic E-state index is 0.605. The highest BCUT2D eigenvalue weighted by molar-refractivity contribution is 5.14. The standard InChI is InChI=1S/C15H23N/c1-3-4-9-14(2)16-13-8-12-15-10-6-5-7-11-15/h3,5-7,10-11,14,16H,1,4,8-9,12-13H2,2H3. The molecule has 0 bridgehead atoms. The third-order valence-electron chi connectivity index (χ3n) is 2.78. The van der Waals surface area contributed by atoms with Gasteiger partial charge in [0.1, 0.15) is 0 Å². The van der Waals surface area contributed by atoms with Gasteiger partial charge in [0.05, 0.1) is 0 Å². The summed E-state index contributed by atoms with van der Waals surface area (Å²) >= 11 is 0. The number of hydrogen-bond donors (Lipinski definition) is 1. The highest BCUT2D eigenvalue weighted by Crippen LogP contribution is 2.02. The van der Waals surface area contributed by atoms with E-state index in [-0.39, 0.29) is 0 Å². The van der Waals surface area contributed by atoms with Crippen molar-refractivity contribution in [1.82, 2.24) is 5.32 Å². The summed E-state index contributed by atoms with van der Waals surface area (Å²) in [7, 11) is 0. The molecule has 0 aliphatic carbocycles. The molecule has 1 unspecified atom stereocenters. The Labute approximate surface area is 99.6 Å². The first-order chi connectivity index (χ1) is 7.83. The zero-order valence-corrected chi connectivity index (χ0v) is 10.3. The molecule has 1 N–H and O–H groups in total. The van der Waals surface area contributed by atoms with Gasteiger partial charge in [-0.1, -0.05) is 36.4 Å². The first-order valence-electron chi connectivity index (χ1n) is 6.21. The van der Waals surface area contributed by atoms with E-state index in [1.165, 1.54) is 24.8 Å². The Bertz CT molecular complexity index is 279. The molecular formula is C15H23N. The molecule has 0 spiro atoms. The van der Waals surface area contributed by atoms with Gasteiger partial charge < -0.3 is 5.32 Å². The van der Waals surface area contributed by atoms with Gasteiger partial charge in [-0.25, -0.2) is 0 Å². The molecule has 0 saturated heterocycles. The monoisotopic (exact) mass is 217 g/mol. The van der Waals surface area contributed by atoms with E-state index in [1.54, 1.807) is 0 Å². The first-order valence-corrected chi connectivity index (χ1v) is 6.21. The van der Waals surface area contributed by atoms with Crippen LogP contribution in [0.3, 0.4) is 0 Å². The number of benzene rings is 1. The van der Waals surface area contributed by atoms with E-state index in [0.29, 0.717) is 6.04 Å². The molecule has 0 radical (unpaired) electrons. The average molecular weight is 217 g/mol. The summed E-state index contributed by atoms with van der Waals surface area (Å²) < 4.78 is 0. The van der Waals surface area contributed by atoms with E-state index >= 15 is 0 Å². The second-order valence-electron chi connectivity index (χ2n) is 4.31. The van der Waals surface area contributed by atoms with E-state index in [2.05, 4.69) is 49.2 Å². The summed E-state index contributed by atoms with van der Waals surface area (Å²) in [5.41, 5.74) is 1.43. The van der Waals surface area contributed by atoms with Gasteiger partial charge in [-0.2, -0.15) is 0 Å². The second-order valence-corrected chi connectivity index (χ2v) is 4.31. The van der Waals surface area contributed by atoms with Crippen LogP contribution in [-0.4, -0.2) is 12.6 Å². The van der Waals surface area contributed by atoms with Crippen LogP contribution in [0.25, 0.3) is 0 Å². The zero-order valence-electron chi connectivity index (χ0n) is 10.3. The average Bonchev–Trinajstić information content (AvgIpc) is 2.33. The molecule has 1 nitrogen and oxygen atoms in total. The number of aryl methyl sites for hydroxylation is 1. The van der Waals surface area contributed by atoms with Crippen LogP contribution in [0.5, 0.6) is 0 Å². The van der Waals surface area contributed by atoms with Crippen LogP contribution in [0.15, 0.2) is 43.0 Å². The van der Waals surface area contributed by atoms with Crippen LogP contribution in [0, 0.1) is 0 Å². The molecule has 0 heterocycles. The molecule has 0 aliphatic heterocycles. The van der Waals surface area contributed by atoms with Crippen molar-refractivity contribution in [2.75, 3.05) is 6.54 Å². The number of allylic oxidation sites excluding steroid dienone is 1. The van der Waals surface area contributed by atoms with Crippen molar-refractivity contribution in [3.63, 3.8) is 0 Å². The van der Waals surface area contributed by atoms with Gasteiger partial charge in [0, 0.05) is 6.04 Å². The highest BCUT2D eigenvalue weighted by atomic mass is 14.9. The summed E-state index contributed by atoms with van der Waals surface area (Å²) in [5, 5.41) is 3.54. The predicted octanol–water partition coefficient (Wildman–Crippen LogP) is 3.56. The lowest BCUT2D eigenvalue weighted by atomic mass is 10.1. The van der Waals surface area contributed by atoms with Crippen molar-refractivity contribution in [2.24, 2.45) is 0 Å². The quantitative estimate of drug-likeness (QED) is 0.518. The largest absolute Gasteiger partial charge is 0.314 e. The van der Waals surface area contributed by atoms with Crippen LogP contribution in [-0.2, 0) is 6.42 Å². The molecule has 1 heteroatoms. The van der Waals surface area contributed by atoms with Crippen LogP contribution in [0.4, 0.5) is 0 Å². The van der Waals surface area contributed by atoms with Gasteiger partial charge in [-0.3, -0.25) is 0 Å².